The molecule has 0 spiro atoms. The first-order valence-electron chi connectivity index (χ1n) is 6.21. The minimum absolute atomic E-state index is 0.111. The normalized spacial score (nSPS) is 16.7. The van der Waals surface area contributed by atoms with Gasteiger partial charge in [-0.05, 0) is 35.0 Å². The monoisotopic (exact) mass is 331 g/mol. The molecular formula is C12H18BrN3OS. The Kier molecular flexibility index (Phi) is 5.62. The molecule has 4 nitrogen and oxygen atoms in total. The molecule has 2 rings (SSSR count). The summed E-state index contributed by atoms with van der Waals surface area (Å²) < 4.78 is 1.02. The molecule has 2 heterocycles. The molecule has 0 aromatic carbocycles. The molecular weight excluding hydrogens is 314 g/mol. The smallest absolute Gasteiger partial charge is 0.225 e. The molecule has 1 amide bonds. The number of halogens is 1. The third-order valence-corrected chi connectivity index (χ3v) is 4.52. The van der Waals surface area contributed by atoms with Gasteiger partial charge < -0.3 is 15.5 Å². The molecule has 0 saturated carbocycles. The molecule has 18 heavy (non-hydrogen) atoms. The first-order chi connectivity index (χ1) is 8.74. The van der Waals surface area contributed by atoms with E-state index in [1.54, 1.807) is 11.3 Å². The van der Waals surface area contributed by atoms with Gasteiger partial charge in [-0.3, -0.25) is 4.79 Å². The van der Waals surface area contributed by atoms with E-state index >= 15 is 0 Å². The van der Waals surface area contributed by atoms with Gasteiger partial charge in [0.2, 0.25) is 5.91 Å². The fourth-order valence-corrected chi connectivity index (χ4v) is 3.31. The molecule has 1 aliphatic heterocycles. The van der Waals surface area contributed by atoms with Crippen molar-refractivity contribution in [3.63, 3.8) is 0 Å². The second-order valence-electron chi connectivity index (χ2n) is 4.37. The Morgan fingerprint density at radius 1 is 1.50 bits per heavy atom. The number of hydrogen-bond donors (Lipinski definition) is 2. The highest BCUT2D eigenvalue weighted by Crippen LogP contribution is 2.24. The number of nitrogens with zero attached hydrogens (tertiary/aromatic N) is 1. The molecule has 100 valence electrons. The van der Waals surface area contributed by atoms with Crippen molar-refractivity contribution in [2.75, 3.05) is 38.0 Å². The standard InChI is InChI=1S/C12H18BrN3OS/c13-10-8-12(18-9-10)15-11(17)2-1-5-16-6-3-14-4-7-16/h8-9,14H,1-7H2,(H,15,17). The van der Waals surface area contributed by atoms with Crippen molar-refractivity contribution < 1.29 is 4.79 Å². The van der Waals surface area contributed by atoms with Crippen molar-refractivity contribution in [2.45, 2.75) is 12.8 Å². The van der Waals surface area contributed by atoms with Crippen LogP contribution in [0.1, 0.15) is 12.8 Å². The number of anilines is 1. The van der Waals surface area contributed by atoms with Gasteiger partial charge in [0.25, 0.3) is 0 Å². The van der Waals surface area contributed by atoms with Crippen molar-refractivity contribution in [1.82, 2.24) is 10.2 Å². The largest absolute Gasteiger partial charge is 0.318 e. The number of carbonyl (C=O) groups is 1. The quantitative estimate of drug-likeness (QED) is 0.868. The summed E-state index contributed by atoms with van der Waals surface area (Å²) in [6.07, 6.45) is 1.53. The maximum atomic E-state index is 11.7. The van der Waals surface area contributed by atoms with Gasteiger partial charge >= 0.3 is 0 Å². The number of carbonyl (C=O) groups excluding carboxylic acids is 1. The number of nitrogens with one attached hydrogen (secondary N) is 2. The molecule has 6 heteroatoms. The van der Waals surface area contributed by atoms with Crippen LogP contribution in [0.25, 0.3) is 0 Å². The summed E-state index contributed by atoms with van der Waals surface area (Å²) in [6.45, 7) is 5.34. The Bertz CT molecular complexity index is 390. The second-order valence-corrected chi connectivity index (χ2v) is 6.20. The van der Waals surface area contributed by atoms with Crippen molar-refractivity contribution in [1.29, 1.82) is 0 Å². The van der Waals surface area contributed by atoms with Crippen molar-refractivity contribution in [3.8, 4) is 0 Å². The highest BCUT2D eigenvalue weighted by Gasteiger charge is 2.10. The van der Waals surface area contributed by atoms with Crippen LogP contribution in [0, 0.1) is 0 Å². The van der Waals surface area contributed by atoms with E-state index in [0.717, 1.165) is 48.6 Å². The summed E-state index contributed by atoms with van der Waals surface area (Å²) in [5.41, 5.74) is 0. The third kappa shape index (κ3) is 4.68. The van der Waals surface area contributed by atoms with Crippen molar-refractivity contribution in [3.05, 3.63) is 15.9 Å². The number of thiophene rings is 1. The molecule has 0 unspecified atom stereocenters. The van der Waals surface area contributed by atoms with Gasteiger partial charge in [-0.15, -0.1) is 11.3 Å². The lowest BCUT2D eigenvalue weighted by Gasteiger charge is -2.26. The van der Waals surface area contributed by atoms with Crippen LogP contribution in [0.15, 0.2) is 15.9 Å². The number of piperazine rings is 1. The van der Waals surface area contributed by atoms with E-state index in [-0.39, 0.29) is 5.91 Å². The Morgan fingerprint density at radius 2 is 2.28 bits per heavy atom. The van der Waals surface area contributed by atoms with Gasteiger partial charge in [0.1, 0.15) is 0 Å². The molecule has 1 saturated heterocycles. The van der Waals surface area contributed by atoms with Gasteiger partial charge in [0.05, 0.1) is 5.00 Å². The molecule has 0 radical (unpaired) electrons. The Balaban J connectivity index is 1.62. The highest BCUT2D eigenvalue weighted by atomic mass is 79.9. The summed E-state index contributed by atoms with van der Waals surface area (Å²) in [6, 6.07) is 1.93. The van der Waals surface area contributed by atoms with Crippen LogP contribution in [0.5, 0.6) is 0 Å². The van der Waals surface area contributed by atoms with Crippen molar-refractivity contribution in [2.24, 2.45) is 0 Å². The maximum absolute atomic E-state index is 11.7. The Morgan fingerprint density at radius 3 is 2.94 bits per heavy atom. The molecule has 1 aromatic heterocycles. The fraction of sp³-hybridized carbons (Fsp3) is 0.583. The molecule has 0 aliphatic carbocycles. The van der Waals surface area contributed by atoms with E-state index in [2.05, 4.69) is 31.5 Å². The first kappa shape index (κ1) is 14.0. The zero-order valence-electron chi connectivity index (χ0n) is 10.2. The van der Waals surface area contributed by atoms with Crippen LogP contribution in [-0.2, 0) is 4.79 Å². The Labute approximate surface area is 120 Å². The maximum Gasteiger partial charge on any atom is 0.225 e. The van der Waals surface area contributed by atoms with Gasteiger partial charge in [0.15, 0.2) is 0 Å². The molecule has 0 atom stereocenters. The third-order valence-electron chi connectivity index (χ3n) is 2.92. The summed E-state index contributed by atoms with van der Waals surface area (Å²) in [5, 5.41) is 9.12. The zero-order chi connectivity index (χ0) is 12.8. The van der Waals surface area contributed by atoms with E-state index in [1.165, 1.54) is 0 Å². The van der Waals surface area contributed by atoms with E-state index in [1.807, 2.05) is 11.4 Å². The van der Waals surface area contributed by atoms with Gasteiger partial charge in [-0.2, -0.15) is 0 Å². The lowest BCUT2D eigenvalue weighted by atomic mass is 10.2. The van der Waals surface area contributed by atoms with E-state index in [0.29, 0.717) is 6.42 Å². The zero-order valence-corrected chi connectivity index (χ0v) is 12.6. The van der Waals surface area contributed by atoms with Crippen molar-refractivity contribution >= 4 is 38.2 Å². The van der Waals surface area contributed by atoms with Crippen LogP contribution >= 0.6 is 27.3 Å². The summed E-state index contributed by atoms with van der Waals surface area (Å²) in [5.74, 6) is 0.111. The van der Waals surface area contributed by atoms with Crippen LogP contribution in [0.3, 0.4) is 0 Å². The minimum atomic E-state index is 0.111. The van der Waals surface area contributed by atoms with E-state index in [9.17, 15) is 4.79 Å². The average Bonchev–Trinajstić information content (AvgIpc) is 2.76. The predicted octanol–water partition coefficient (Wildman–Crippen LogP) is 2.13. The van der Waals surface area contributed by atoms with Gasteiger partial charge in [-0.1, -0.05) is 0 Å². The topological polar surface area (TPSA) is 44.4 Å². The van der Waals surface area contributed by atoms with E-state index in [4.69, 9.17) is 0 Å². The van der Waals surface area contributed by atoms with E-state index < -0.39 is 0 Å². The minimum Gasteiger partial charge on any atom is -0.318 e. The van der Waals surface area contributed by atoms with Crippen LogP contribution in [-0.4, -0.2) is 43.5 Å². The number of rotatable bonds is 5. The van der Waals surface area contributed by atoms with Crippen LogP contribution < -0.4 is 10.6 Å². The molecule has 1 aliphatic rings. The lowest BCUT2D eigenvalue weighted by molar-refractivity contribution is -0.116. The number of amides is 1. The highest BCUT2D eigenvalue weighted by molar-refractivity contribution is 9.10. The van der Waals surface area contributed by atoms with Crippen LogP contribution in [0.4, 0.5) is 5.00 Å². The predicted molar refractivity (Wildman–Crippen MR) is 79.2 cm³/mol. The molecule has 0 bridgehead atoms. The molecule has 2 N–H and O–H groups in total. The van der Waals surface area contributed by atoms with Gasteiger partial charge in [0, 0.05) is 42.5 Å². The first-order valence-corrected chi connectivity index (χ1v) is 7.88. The average molecular weight is 332 g/mol. The SMILES string of the molecule is O=C(CCCN1CCNCC1)Nc1cc(Br)cs1. The Hall–Kier alpha value is -0.430. The molecule has 1 fully saturated rings. The lowest BCUT2D eigenvalue weighted by Crippen LogP contribution is -2.43. The fourth-order valence-electron chi connectivity index (χ4n) is 1.98. The van der Waals surface area contributed by atoms with Gasteiger partial charge in [-0.25, -0.2) is 0 Å². The summed E-state index contributed by atoms with van der Waals surface area (Å²) >= 11 is 4.92. The van der Waals surface area contributed by atoms with Crippen LogP contribution in [0.2, 0.25) is 0 Å². The molecule has 1 aromatic rings. The summed E-state index contributed by atoms with van der Waals surface area (Å²) in [4.78, 5) is 14.1. The number of hydrogen-bond acceptors (Lipinski definition) is 4. The summed E-state index contributed by atoms with van der Waals surface area (Å²) in [7, 11) is 0. The second kappa shape index (κ2) is 7.23.